The Labute approximate surface area is 143 Å². The van der Waals surface area contributed by atoms with Crippen LogP contribution in [0.3, 0.4) is 0 Å². The van der Waals surface area contributed by atoms with Crippen molar-refractivity contribution in [2.75, 3.05) is 5.32 Å². The van der Waals surface area contributed by atoms with Crippen molar-refractivity contribution in [1.82, 2.24) is 19.6 Å². The number of nitrogens with zero attached hydrogens (tertiary/aromatic N) is 4. The maximum atomic E-state index is 14.6. The van der Waals surface area contributed by atoms with E-state index in [1.54, 1.807) is 16.6 Å². The second kappa shape index (κ2) is 6.02. The minimum Gasteiger partial charge on any atom is -0.367 e. The summed E-state index contributed by atoms with van der Waals surface area (Å²) in [6.45, 7) is 1.84. The summed E-state index contributed by atoms with van der Waals surface area (Å²) in [5.41, 5.74) is 1.66. The molecule has 1 aliphatic rings. The molecule has 0 atom stereocenters. The average Bonchev–Trinajstić information content (AvgIpc) is 3.20. The van der Waals surface area contributed by atoms with Crippen LogP contribution in [0.5, 0.6) is 0 Å². The van der Waals surface area contributed by atoms with Crippen LogP contribution in [-0.4, -0.2) is 25.6 Å². The van der Waals surface area contributed by atoms with Gasteiger partial charge in [0.25, 0.3) is 5.78 Å². The van der Waals surface area contributed by atoms with E-state index in [9.17, 15) is 4.39 Å². The molecule has 0 saturated heterocycles. The Hall–Kier alpha value is -2.21. The van der Waals surface area contributed by atoms with Gasteiger partial charge >= 0.3 is 0 Å². The standard InChI is InChI=1S/C17H17ClFN5/c1-10-14(15-12(18)7-4-8-13(15)19)16(23-11-5-2-3-6-11)24-17(22-10)20-9-21-24/h4,7-9,11,23H,2-3,5-6H2,1H3. The fraction of sp³-hybridized carbons (Fsp3) is 0.353. The number of hydrogen-bond acceptors (Lipinski definition) is 4. The summed E-state index contributed by atoms with van der Waals surface area (Å²) in [4.78, 5) is 8.62. The Morgan fingerprint density at radius 1 is 1.25 bits per heavy atom. The molecule has 0 unspecified atom stereocenters. The van der Waals surface area contributed by atoms with Crippen molar-refractivity contribution in [3.05, 3.63) is 41.1 Å². The van der Waals surface area contributed by atoms with E-state index in [1.165, 1.54) is 25.2 Å². The van der Waals surface area contributed by atoms with Gasteiger partial charge in [0.05, 0.1) is 16.3 Å². The van der Waals surface area contributed by atoms with Crippen LogP contribution in [0.2, 0.25) is 5.02 Å². The van der Waals surface area contributed by atoms with Gasteiger partial charge in [0.15, 0.2) is 0 Å². The normalized spacial score (nSPS) is 15.3. The molecule has 3 aromatic rings. The molecule has 0 radical (unpaired) electrons. The van der Waals surface area contributed by atoms with Crippen LogP contribution < -0.4 is 5.32 Å². The van der Waals surface area contributed by atoms with Crippen LogP contribution in [0.1, 0.15) is 31.4 Å². The maximum absolute atomic E-state index is 14.6. The summed E-state index contributed by atoms with van der Waals surface area (Å²) in [5, 5.41) is 8.15. The summed E-state index contributed by atoms with van der Waals surface area (Å²) in [6.07, 6.45) is 6.01. The van der Waals surface area contributed by atoms with Crippen molar-refractivity contribution in [1.29, 1.82) is 0 Å². The fourth-order valence-electron chi connectivity index (χ4n) is 3.39. The van der Waals surface area contributed by atoms with E-state index in [4.69, 9.17) is 11.6 Å². The van der Waals surface area contributed by atoms with Crippen LogP contribution in [0.4, 0.5) is 10.2 Å². The number of benzene rings is 1. The molecule has 1 fully saturated rings. The summed E-state index contributed by atoms with van der Waals surface area (Å²) in [7, 11) is 0. The van der Waals surface area contributed by atoms with E-state index in [1.807, 2.05) is 6.92 Å². The van der Waals surface area contributed by atoms with Gasteiger partial charge in [0, 0.05) is 11.6 Å². The zero-order chi connectivity index (χ0) is 16.7. The van der Waals surface area contributed by atoms with Crippen LogP contribution in [0, 0.1) is 12.7 Å². The highest BCUT2D eigenvalue weighted by Gasteiger charge is 2.24. The number of aromatic nitrogens is 4. The van der Waals surface area contributed by atoms with E-state index in [0.717, 1.165) is 12.8 Å². The molecule has 1 aromatic carbocycles. The van der Waals surface area contributed by atoms with Crippen LogP contribution in [0.25, 0.3) is 16.9 Å². The molecule has 1 N–H and O–H groups in total. The first-order chi connectivity index (χ1) is 11.6. The van der Waals surface area contributed by atoms with Gasteiger partial charge in [-0.15, -0.1) is 0 Å². The number of nitrogens with one attached hydrogen (secondary N) is 1. The lowest BCUT2D eigenvalue weighted by molar-refractivity contribution is 0.631. The van der Waals surface area contributed by atoms with E-state index in [0.29, 0.717) is 39.5 Å². The summed E-state index contributed by atoms with van der Waals surface area (Å²) >= 11 is 6.31. The van der Waals surface area contributed by atoms with Gasteiger partial charge in [0.2, 0.25) is 0 Å². The first kappa shape index (κ1) is 15.3. The minimum atomic E-state index is -0.374. The Morgan fingerprint density at radius 3 is 2.79 bits per heavy atom. The van der Waals surface area contributed by atoms with E-state index >= 15 is 0 Å². The molecule has 1 aliphatic carbocycles. The van der Waals surface area contributed by atoms with Gasteiger partial charge in [0.1, 0.15) is 18.0 Å². The van der Waals surface area contributed by atoms with Crippen molar-refractivity contribution in [2.45, 2.75) is 38.6 Å². The molecule has 2 heterocycles. The monoisotopic (exact) mass is 345 g/mol. The van der Waals surface area contributed by atoms with Gasteiger partial charge in [-0.25, -0.2) is 9.37 Å². The molecular weight excluding hydrogens is 329 g/mol. The van der Waals surface area contributed by atoms with Crippen molar-refractivity contribution >= 4 is 23.2 Å². The Kier molecular flexibility index (Phi) is 3.84. The fourth-order valence-corrected chi connectivity index (χ4v) is 3.64. The number of rotatable bonds is 3. The molecule has 1 saturated carbocycles. The Balaban J connectivity index is 1.97. The average molecular weight is 346 g/mol. The second-order valence-electron chi connectivity index (χ2n) is 6.12. The molecule has 0 bridgehead atoms. The van der Waals surface area contributed by atoms with Crippen molar-refractivity contribution in [3.63, 3.8) is 0 Å². The van der Waals surface area contributed by atoms with Gasteiger partial charge in [-0.05, 0) is 31.9 Å². The summed E-state index contributed by atoms with van der Waals surface area (Å²) in [5.74, 6) is 0.819. The lowest BCUT2D eigenvalue weighted by Gasteiger charge is -2.20. The predicted molar refractivity (Wildman–Crippen MR) is 91.8 cm³/mol. The van der Waals surface area contributed by atoms with Gasteiger partial charge in [-0.3, -0.25) is 0 Å². The maximum Gasteiger partial charge on any atom is 0.254 e. The van der Waals surface area contributed by atoms with Gasteiger partial charge < -0.3 is 5.32 Å². The number of halogens is 2. The summed E-state index contributed by atoms with van der Waals surface area (Å²) < 4.78 is 16.2. The lowest BCUT2D eigenvalue weighted by Crippen LogP contribution is -2.19. The SMILES string of the molecule is Cc1nc2ncnn2c(NC2CCCC2)c1-c1c(F)cccc1Cl. The van der Waals surface area contributed by atoms with E-state index < -0.39 is 0 Å². The number of aryl methyl sites for hydroxylation is 1. The highest BCUT2D eigenvalue weighted by atomic mass is 35.5. The molecule has 0 amide bonds. The Bertz CT molecular complexity index is 881. The molecular formula is C17H17ClFN5. The van der Waals surface area contributed by atoms with Crippen LogP contribution in [0.15, 0.2) is 24.5 Å². The highest BCUT2D eigenvalue weighted by Crippen LogP contribution is 2.38. The molecule has 124 valence electrons. The zero-order valence-corrected chi connectivity index (χ0v) is 14.0. The third-order valence-electron chi connectivity index (χ3n) is 4.52. The first-order valence-corrected chi connectivity index (χ1v) is 8.44. The summed E-state index contributed by atoms with van der Waals surface area (Å²) in [6, 6.07) is 5.03. The lowest BCUT2D eigenvalue weighted by atomic mass is 10.0. The third-order valence-corrected chi connectivity index (χ3v) is 4.83. The van der Waals surface area contributed by atoms with Crippen molar-refractivity contribution in [3.8, 4) is 11.1 Å². The molecule has 2 aromatic heterocycles. The van der Waals surface area contributed by atoms with Gasteiger partial charge in [-0.1, -0.05) is 30.5 Å². The van der Waals surface area contributed by atoms with E-state index in [-0.39, 0.29) is 5.82 Å². The van der Waals surface area contributed by atoms with Crippen LogP contribution >= 0.6 is 11.6 Å². The number of hydrogen-bond donors (Lipinski definition) is 1. The Morgan fingerprint density at radius 2 is 2.04 bits per heavy atom. The van der Waals surface area contributed by atoms with E-state index in [2.05, 4.69) is 20.4 Å². The zero-order valence-electron chi connectivity index (χ0n) is 13.3. The highest BCUT2D eigenvalue weighted by molar-refractivity contribution is 6.33. The molecule has 0 aliphatic heterocycles. The van der Waals surface area contributed by atoms with Gasteiger partial charge in [-0.2, -0.15) is 14.6 Å². The largest absolute Gasteiger partial charge is 0.367 e. The smallest absolute Gasteiger partial charge is 0.254 e. The second-order valence-corrected chi connectivity index (χ2v) is 6.52. The topological polar surface area (TPSA) is 55.1 Å². The van der Waals surface area contributed by atoms with Crippen molar-refractivity contribution in [2.24, 2.45) is 0 Å². The predicted octanol–water partition coefficient (Wildman–Crippen LogP) is 4.25. The molecule has 7 heteroatoms. The number of fused-ring (bicyclic) bond motifs is 1. The molecule has 0 spiro atoms. The number of anilines is 1. The molecule has 4 rings (SSSR count). The molecule has 5 nitrogen and oxygen atoms in total. The minimum absolute atomic E-state index is 0.337. The quantitative estimate of drug-likeness (QED) is 0.771. The molecule has 24 heavy (non-hydrogen) atoms. The third kappa shape index (κ3) is 2.51. The first-order valence-electron chi connectivity index (χ1n) is 8.06. The van der Waals surface area contributed by atoms with Crippen molar-refractivity contribution < 1.29 is 4.39 Å². The van der Waals surface area contributed by atoms with Crippen LogP contribution in [-0.2, 0) is 0 Å².